The monoisotopic (exact) mass is 445 g/mol. The maximum Gasteiger partial charge on any atom is 0.266 e. The van der Waals surface area contributed by atoms with Crippen LogP contribution < -0.4 is 4.74 Å². The summed E-state index contributed by atoms with van der Waals surface area (Å²) in [6.45, 7) is 9.30. The molecule has 0 bridgehead atoms. The number of amidine groups is 1. The van der Waals surface area contributed by atoms with E-state index >= 15 is 0 Å². The first kappa shape index (κ1) is 22.0. The summed E-state index contributed by atoms with van der Waals surface area (Å²) in [4.78, 5) is 20.2. The Labute approximate surface area is 193 Å². The molecule has 2 heterocycles. The Bertz CT molecular complexity index is 1180. The molecule has 1 aliphatic heterocycles. The fourth-order valence-corrected chi connectivity index (χ4v) is 4.87. The lowest BCUT2D eigenvalue weighted by Gasteiger charge is -2.12. The number of carbonyl (C=O) groups is 1. The minimum absolute atomic E-state index is 0.00768. The number of aliphatic imine (C=N–C) groups is 1. The van der Waals surface area contributed by atoms with Crippen molar-refractivity contribution in [1.29, 1.82) is 0 Å². The summed E-state index contributed by atoms with van der Waals surface area (Å²) in [5, 5.41) is 0.699. The SMILES string of the molecule is CCOc1ccc(N=C2S/C(=C/c3cc(C)n(-c4ccccc4)c3C)C(=O)N2CC)cc1. The molecule has 164 valence electrons. The molecule has 1 fully saturated rings. The van der Waals surface area contributed by atoms with E-state index in [4.69, 9.17) is 9.73 Å². The van der Waals surface area contributed by atoms with Gasteiger partial charge in [0.15, 0.2) is 5.17 Å². The highest BCUT2D eigenvalue weighted by molar-refractivity contribution is 8.18. The van der Waals surface area contributed by atoms with Crippen molar-refractivity contribution in [1.82, 2.24) is 9.47 Å². The third-order valence-electron chi connectivity index (χ3n) is 5.35. The van der Waals surface area contributed by atoms with Crippen LogP contribution in [0, 0.1) is 13.8 Å². The quantitative estimate of drug-likeness (QED) is 0.430. The normalized spacial score (nSPS) is 16.4. The van der Waals surface area contributed by atoms with Gasteiger partial charge in [0.1, 0.15) is 5.75 Å². The Kier molecular flexibility index (Phi) is 6.51. The summed E-state index contributed by atoms with van der Waals surface area (Å²) >= 11 is 1.42. The third kappa shape index (κ3) is 4.36. The fourth-order valence-electron chi connectivity index (χ4n) is 3.81. The summed E-state index contributed by atoms with van der Waals surface area (Å²) in [6, 6.07) is 20.0. The molecule has 1 amide bonds. The van der Waals surface area contributed by atoms with Crippen LogP contribution in [0.3, 0.4) is 0 Å². The Morgan fingerprint density at radius 2 is 1.75 bits per heavy atom. The molecule has 0 N–H and O–H groups in total. The van der Waals surface area contributed by atoms with Crippen molar-refractivity contribution >= 4 is 34.6 Å². The molecular weight excluding hydrogens is 418 g/mol. The Morgan fingerprint density at radius 3 is 2.41 bits per heavy atom. The highest BCUT2D eigenvalue weighted by Crippen LogP contribution is 2.35. The lowest BCUT2D eigenvalue weighted by atomic mass is 10.2. The highest BCUT2D eigenvalue weighted by Gasteiger charge is 2.32. The smallest absolute Gasteiger partial charge is 0.266 e. The van der Waals surface area contributed by atoms with Gasteiger partial charge in [0.2, 0.25) is 0 Å². The zero-order valence-corrected chi connectivity index (χ0v) is 19.6. The van der Waals surface area contributed by atoms with Gasteiger partial charge in [-0.15, -0.1) is 0 Å². The average molecular weight is 446 g/mol. The number of carbonyl (C=O) groups excluding carboxylic acids is 1. The van der Waals surface area contributed by atoms with Gasteiger partial charge in [0, 0.05) is 23.6 Å². The summed E-state index contributed by atoms with van der Waals surface area (Å²) in [7, 11) is 0. The number of aryl methyl sites for hydroxylation is 1. The zero-order valence-electron chi connectivity index (χ0n) is 18.8. The van der Waals surface area contributed by atoms with Crippen molar-refractivity contribution in [2.45, 2.75) is 27.7 Å². The van der Waals surface area contributed by atoms with Gasteiger partial charge in [-0.05, 0) is 93.6 Å². The van der Waals surface area contributed by atoms with E-state index in [-0.39, 0.29) is 5.91 Å². The number of hydrogen-bond donors (Lipinski definition) is 0. The van der Waals surface area contributed by atoms with Crippen molar-refractivity contribution in [2.24, 2.45) is 4.99 Å². The summed E-state index contributed by atoms with van der Waals surface area (Å²) in [5.41, 5.74) is 5.19. The average Bonchev–Trinajstić information content (AvgIpc) is 3.24. The lowest BCUT2D eigenvalue weighted by Crippen LogP contribution is -2.28. The van der Waals surface area contributed by atoms with Gasteiger partial charge < -0.3 is 9.30 Å². The second-order valence-electron chi connectivity index (χ2n) is 7.48. The number of amides is 1. The maximum absolute atomic E-state index is 13.1. The van der Waals surface area contributed by atoms with Crippen LogP contribution in [0.4, 0.5) is 5.69 Å². The van der Waals surface area contributed by atoms with Crippen LogP contribution in [0.1, 0.15) is 30.8 Å². The predicted molar refractivity (Wildman–Crippen MR) is 133 cm³/mol. The van der Waals surface area contributed by atoms with E-state index < -0.39 is 0 Å². The second kappa shape index (κ2) is 9.49. The second-order valence-corrected chi connectivity index (χ2v) is 8.49. The van der Waals surface area contributed by atoms with Crippen LogP contribution in [-0.4, -0.2) is 33.7 Å². The standard InChI is InChI=1S/C26H27N3O2S/c1-5-28-25(30)24(32-26(28)27-21-12-14-23(15-13-21)31-6-2)17-20-16-18(3)29(19(20)4)22-10-8-7-9-11-22/h7-17H,5-6H2,1-4H3/b24-17+,27-26?. The Hall–Kier alpha value is -3.25. The maximum atomic E-state index is 13.1. The first-order valence-corrected chi connectivity index (χ1v) is 11.6. The van der Waals surface area contributed by atoms with Gasteiger partial charge in [-0.25, -0.2) is 4.99 Å². The van der Waals surface area contributed by atoms with Crippen LogP contribution in [-0.2, 0) is 4.79 Å². The van der Waals surface area contributed by atoms with E-state index in [0.29, 0.717) is 23.2 Å². The molecule has 2 aromatic carbocycles. The number of ether oxygens (including phenoxy) is 1. The molecule has 1 saturated heterocycles. The lowest BCUT2D eigenvalue weighted by molar-refractivity contribution is -0.122. The number of aromatic nitrogens is 1. The molecule has 1 aromatic heterocycles. The van der Waals surface area contributed by atoms with E-state index in [1.165, 1.54) is 11.8 Å². The van der Waals surface area contributed by atoms with Crippen molar-refractivity contribution in [3.05, 3.63) is 82.5 Å². The molecule has 0 aliphatic carbocycles. The van der Waals surface area contributed by atoms with Crippen molar-refractivity contribution in [2.75, 3.05) is 13.2 Å². The van der Waals surface area contributed by atoms with Crippen LogP contribution in [0.5, 0.6) is 5.75 Å². The number of para-hydroxylation sites is 1. The van der Waals surface area contributed by atoms with E-state index in [1.807, 2.05) is 62.4 Å². The Balaban J connectivity index is 1.65. The molecule has 0 atom stereocenters. The van der Waals surface area contributed by atoms with Crippen LogP contribution in [0.15, 0.2) is 70.6 Å². The zero-order chi connectivity index (χ0) is 22.7. The van der Waals surface area contributed by atoms with E-state index in [9.17, 15) is 4.79 Å². The topological polar surface area (TPSA) is 46.8 Å². The first-order valence-electron chi connectivity index (χ1n) is 10.8. The summed E-state index contributed by atoms with van der Waals surface area (Å²) in [6.07, 6.45) is 1.98. The van der Waals surface area contributed by atoms with Gasteiger partial charge in [-0.1, -0.05) is 18.2 Å². The minimum atomic E-state index is -0.00768. The number of benzene rings is 2. The van der Waals surface area contributed by atoms with E-state index in [0.717, 1.165) is 34.1 Å². The van der Waals surface area contributed by atoms with Crippen LogP contribution in [0.25, 0.3) is 11.8 Å². The summed E-state index contributed by atoms with van der Waals surface area (Å²) in [5.74, 6) is 0.806. The molecule has 6 heteroatoms. The van der Waals surface area contributed by atoms with Crippen LogP contribution in [0.2, 0.25) is 0 Å². The first-order chi connectivity index (χ1) is 15.5. The number of hydrogen-bond acceptors (Lipinski definition) is 4. The van der Waals surface area contributed by atoms with E-state index in [1.54, 1.807) is 4.90 Å². The molecule has 5 nitrogen and oxygen atoms in total. The van der Waals surface area contributed by atoms with Crippen molar-refractivity contribution in [3.63, 3.8) is 0 Å². The minimum Gasteiger partial charge on any atom is -0.494 e. The molecule has 4 rings (SSSR count). The predicted octanol–water partition coefficient (Wildman–Crippen LogP) is 6.12. The fraction of sp³-hybridized carbons (Fsp3) is 0.231. The van der Waals surface area contributed by atoms with Gasteiger partial charge in [-0.3, -0.25) is 9.69 Å². The van der Waals surface area contributed by atoms with E-state index in [2.05, 4.69) is 36.6 Å². The molecule has 0 radical (unpaired) electrons. The Morgan fingerprint density at radius 1 is 1.03 bits per heavy atom. The van der Waals surface area contributed by atoms with Gasteiger partial charge in [0.05, 0.1) is 17.2 Å². The van der Waals surface area contributed by atoms with Gasteiger partial charge in [-0.2, -0.15) is 0 Å². The van der Waals surface area contributed by atoms with Crippen molar-refractivity contribution < 1.29 is 9.53 Å². The van der Waals surface area contributed by atoms with Crippen molar-refractivity contribution in [3.8, 4) is 11.4 Å². The largest absolute Gasteiger partial charge is 0.494 e. The van der Waals surface area contributed by atoms with Gasteiger partial charge >= 0.3 is 0 Å². The molecular formula is C26H27N3O2S. The van der Waals surface area contributed by atoms with Crippen LogP contribution >= 0.6 is 11.8 Å². The molecule has 0 saturated carbocycles. The molecule has 1 aliphatic rings. The highest BCUT2D eigenvalue weighted by atomic mass is 32.2. The van der Waals surface area contributed by atoms with Gasteiger partial charge in [0.25, 0.3) is 5.91 Å². The number of thioether (sulfide) groups is 1. The number of likely N-dealkylation sites (N-methyl/N-ethyl adjacent to an activating group) is 1. The molecule has 3 aromatic rings. The number of nitrogens with zero attached hydrogens (tertiary/aromatic N) is 3. The third-order valence-corrected chi connectivity index (χ3v) is 6.35. The molecule has 0 spiro atoms. The number of rotatable bonds is 6. The summed E-state index contributed by atoms with van der Waals surface area (Å²) < 4.78 is 7.71. The molecule has 32 heavy (non-hydrogen) atoms. The molecule has 0 unspecified atom stereocenters.